The van der Waals surface area contributed by atoms with Crippen LogP contribution in [0.3, 0.4) is 0 Å². The smallest absolute Gasteiger partial charge is 0.256 e. The van der Waals surface area contributed by atoms with E-state index in [2.05, 4.69) is 15.7 Å². The molecule has 0 aliphatic carbocycles. The molecule has 0 saturated carbocycles. The van der Waals surface area contributed by atoms with Crippen LogP contribution >= 0.6 is 11.6 Å². The highest BCUT2D eigenvalue weighted by Crippen LogP contribution is 2.23. The number of aromatic nitrogens is 2. The molecule has 150 valence electrons. The van der Waals surface area contributed by atoms with Crippen LogP contribution in [0.5, 0.6) is 5.75 Å². The van der Waals surface area contributed by atoms with Crippen LogP contribution in [0.15, 0.2) is 54.6 Å². The number of para-hydroxylation sites is 1. The van der Waals surface area contributed by atoms with Crippen LogP contribution in [0.2, 0.25) is 5.15 Å². The van der Waals surface area contributed by atoms with E-state index in [0.29, 0.717) is 12.2 Å². The van der Waals surface area contributed by atoms with Gasteiger partial charge in [0.25, 0.3) is 5.91 Å². The lowest BCUT2D eigenvalue weighted by atomic mass is 10.2. The third-order valence-corrected chi connectivity index (χ3v) is 4.64. The molecule has 0 bridgehead atoms. The highest BCUT2D eigenvalue weighted by Gasteiger charge is 2.21. The number of aryl methyl sites for hydroxylation is 1. The summed E-state index contributed by atoms with van der Waals surface area (Å²) in [6.45, 7) is 1.88. The Labute approximate surface area is 173 Å². The fraction of sp³-hybridized carbons (Fsp3) is 0.190. The zero-order valence-electron chi connectivity index (χ0n) is 16.1. The minimum atomic E-state index is -0.450. The first-order chi connectivity index (χ1) is 14.0. The SMILES string of the molecule is COc1ccc(CNC(=O)CNC(=O)c2c(C)nn(-c3ccccc3)c2Cl)cc1. The first-order valence-electron chi connectivity index (χ1n) is 8.98. The number of amides is 2. The Morgan fingerprint density at radius 2 is 1.76 bits per heavy atom. The predicted molar refractivity (Wildman–Crippen MR) is 110 cm³/mol. The second-order valence-corrected chi connectivity index (χ2v) is 6.66. The van der Waals surface area contributed by atoms with Crippen molar-refractivity contribution in [3.05, 3.63) is 76.6 Å². The lowest BCUT2D eigenvalue weighted by Gasteiger charge is -2.08. The number of carbonyl (C=O) groups excluding carboxylic acids is 2. The fourth-order valence-corrected chi connectivity index (χ4v) is 3.11. The summed E-state index contributed by atoms with van der Waals surface area (Å²) in [6, 6.07) is 16.6. The number of halogens is 1. The molecule has 3 rings (SSSR count). The topological polar surface area (TPSA) is 85.2 Å². The van der Waals surface area contributed by atoms with Gasteiger partial charge < -0.3 is 15.4 Å². The van der Waals surface area contributed by atoms with E-state index >= 15 is 0 Å². The van der Waals surface area contributed by atoms with Crippen LogP contribution in [-0.2, 0) is 11.3 Å². The minimum Gasteiger partial charge on any atom is -0.497 e. The van der Waals surface area contributed by atoms with E-state index < -0.39 is 5.91 Å². The zero-order valence-corrected chi connectivity index (χ0v) is 16.9. The standard InChI is InChI=1S/C21H21ClN4O3/c1-14-19(20(22)26(25-14)16-6-4-3-5-7-16)21(28)24-13-18(27)23-12-15-8-10-17(29-2)11-9-15/h3-11H,12-13H2,1-2H3,(H,23,27)(H,24,28). The molecule has 0 aliphatic heterocycles. The first kappa shape index (κ1) is 20.4. The molecular weight excluding hydrogens is 392 g/mol. The van der Waals surface area contributed by atoms with E-state index in [1.165, 1.54) is 4.68 Å². The second-order valence-electron chi connectivity index (χ2n) is 6.31. The fourth-order valence-electron chi connectivity index (χ4n) is 2.75. The highest BCUT2D eigenvalue weighted by atomic mass is 35.5. The average Bonchev–Trinajstić information content (AvgIpc) is 3.05. The maximum Gasteiger partial charge on any atom is 0.256 e. The van der Waals surface area contributed by atoms with E-state index in [0.717, 1.165) is 17.0 Å². The molecule has 0 saturated heterocycles. The molecule has 0 spiro atoms. The van der Waals surface area contributed by atoms with Gasteiger partial charge in [-0.3, -0.25) is 9.59 Å². The third-order valence-electron chi connectivity index (χ3n) is 4.29. The summed E-state index contributed by atoms with van der Waals surface area (Å²) in [6.07, 6.45) is 0. The Hall–Kier alpha value is -3.32. The minimum absolute atomic E-state index is 0.165. The maximum atomic E-state index is 12.5. The van der Waals surface area contributed by atoms with Crippen molar-refractivity contribution in [3.8, 4) is 11.4 Å². The molecular formula is C21H21ClN4O3. The third kappa shape index (κ3) is 4.94. The molecule has 2 aromatic carbocycles. The molecule has 0 radical (unpaired) electrons. The Morgan fingerprint density at radius 3 is 2.41 bits per heavy atom. The monoisotopic (exact) mass is 412 g/mol. The van der Waals surface area contributed by atoms with Crippen molar-refractivity contribution in [1.82, 2.24) is 20.4 Å². The quantitative estimate of drug-likeness (QED) is 0.624. The molecule has 2 N–H and O–H groups in total. The average molecular weight is 413 g/mol. The Balaban J connectivity index is 1.57. The van der Waals surface area contributed by atoms with Gasteiger partial charge in [-0.05, 0) is 36.8 Å². The lowest BCUT2D eigenvalue weighted by Crippen LogP contribution is -2.36. The summed E-state index contributed by atoms with van der Waals surface area (Å²) in [7, 11) is 1.59. The van der Waals surface area contributed by atoms with Gasteiger partial charge in [-0.2, -0.15) is 5.10 Å². The van der Waals surface area contributed by atoms with Crippen molar-refractivity contribution in [2.24, 2.45) is 0 Å². The molecule has 0 unspecified atom stereocenters. The van der Waals surface area contributed by atoms with Crippen LogP contribution < -0.4 is 15.4 Å². The Bertz CT molecular complexity index is 1000. The van der Waals surface area contributed by atoms with Gasteiger partial charge in [0.15, 0.2) is 0 Å². The molecule has 7 nitrogen and oxygen atoms in total. The lowest BCUT2D eigenvalue weighted by molar-refractivity contribution is -0.120. The van der Waals surface area contributed by atoms with E-state index in [1.54, 1.807) is 14.0 Å². The van der Waals surface area contributed by atoms with Crippen molar-refractivity contribution in [3.63, 3.8) is 0 Å². The number of carbonyl (C=O) groups is 2. The second kappa shape index (κ2) is 9.25. The van der Waals surface area contributed by atoms with Gasteiger partial charge in [0.1, 0.15) is 10.9 Å². The number of rotatable bonds is 7. The van der Waals surface area contributed by atoms with Gasteiger partial charge in [-0.15, -0.1) is 0 Å². The van der Waals surface area contributed by atoms with E-state index in [-0.39, 0.29) is 23.2 Å². The van der Waals surface area contributed by atoms with Crippen molar-refractivity contribution in [1.29, 1.82) is 0 Å². The number of nitrogens with one attached hydrogen (secondary N) is 2. The van der Waals surface area contributed by atoms with Gasteiger partial charge >= 0.3 is 0 Å². The summed E-state index contributed by atoms with van der Waals surface area (Å²) in [4.78, 5) is 24.6. The first-order valence-corrected chi connectivity index (χ1v) is 9.35. The summed E-state index contributed by atoms with van der Waals surface area (Å²) in [5, 5.41) is 9.88. The predicted octanol–water partition coefficient (Wildman–Crippen LogP) is 2.89. The van der Waals surface area contributed by atoms with E-state index in [9.17, 15) is 9.59 Å². The van der Waals surface area contributed by atoms with Gasteiger partial charge in [-0.1, -0.05) is 41.9 Å². The molecule has 1 heterocycles. The van der Waals surface area contributed by atoms with Gasteiger partial charge in [0.2, 0.25) is 5.91 Å². The molecule has 29 heavy (non-hydrogen) atoms. The van der Waals surface area contributed by atoms with E-state index in [4.69, 9.17) is 16.3 Å². The van der Waals surface area contributed by atoms with Crippen molar-refractivity contribution in [2.75, 3.05) is 13.7 Å². The normalized spacial score (nSPS) is 10.4. The van der Waals surface area contributed by atoms with Crippen molar-refractivity contribution >= 4 is 23.4 Å². The molecule has 2 amide bonds. The number of benzene rings is 2. The number of methoxy groups -OCH3 is 1. The Kier molecular flexibility index (Phi) is 6.51. The van der Waals surface area contributed by atoms with Gasteiger partial charge in [0.05, 0.1) is 30.6 Å². The van der Waals surface area contributed by atoms with Crippen LogP contribution in [0.25, 0.3) is 5.69 Å². The summed E-state index contributed by atoms with van der Waals surface area (Å²) >= 11 is 6.37. The summed E-state index contributed by atoms with van der Waals surface area (Å²) in [5.41, 5.74) is 2.40. The molecule has 0 fully saturated rings. The molecule has 0 aliphatic rings. The maximum absolute atomic E-state index is 12.5. The van der Waals surface area contributed by atoms with Crippen LogP contribution in [-0.4, -0.2) is 35.2 Å². The molecule has 8 heteroatoms. The number of hydrogen-bond acceptors (Lipinski definition) is 4. The summed E-state index contributed by atoms with van der Waals surface area (Å²) < 4.78 is 6.59. The number of ether oxygens (including phenoxy) is 1. The van der Waals surface area contributed by atoms with Gasteiger partial charge in [0, 0.05) is 6.54 Å². The van der Waals surface area contributed by atoms with Crippen molar-refractivity contribution < 1.29 is 14.3 Å². The van der Waals surface area contributed by atoms with Crippen molar-refractivity contribution in [2.45, 2.75) is 13.5 Å². The number of hydrogen-bond donors (Lipinski definition) is 2. The highest BCUT2D eigenvalue weighted by molar-refractivity contribution is 6.33. The largest absolute Gasteiger partial charge is 0.497 e. The molecule has 0 atom stereocenters. The zero-order chi connectivity index (χ0) is 20.8. The van der Waals surface area contributed by atoms with Crippen LogP contribution in [0.4, 0.5) is 0 Å². The summed E-state index contributed by atoms with van der Waals surface area (Å²) in [5.74, 6) is -0.0108. The molecule has 1 aromatic heterocycles. The van der Waals surface area contributed by atoms with E-state index in [1.807, 2.05) is 54.6 Å². The molecule has 3 aromatic rings. The Morgan fingerprint density at radius 1 is 1.07 bits per heavy atom. The van der Waals surface area contributed by atoms with Crippen LogP contribution in [0, 0.1) is 6.92 Å². The number of nitrogens with zero attached hydrogens (tertiary/aromatic N) is 2. The van der Waals surface area contributed by atoms with Crippen LogP contribution in [0.1, 0.15) is 21.6 Å². The van der Waals surface area contributed by atoms with Gasteiger partial charge in [-0.25, -0.2) is 4.68 Å².